The summed E-state index contributed by atoms with van der Waals surface area (Å²) < 4.78 is 18.3. The van der Waals surface area contributed by atoms with Crippen LogP contribution >= 0.6 is 0 Å². The fourth-order valence-corrected chi connectivity index (χ4v) is 8.14. The number of likely N-dealkylation sites (tertiary alicyclic amines) is 1. The van der Waals surface area contributed by atoms with Crippen molar-refractivity contribution in [1.82, 2.24) is 10.2 Å². The first-order valence-corrected chi connectivity index (χ1v) is 17.7. The van der Waals surface area contributed by atoms with Crippen LogP contribution in [-0.4, -0.2) is 83.8 Å². The molecule has 3 aromatic rings. The Kier molecular flexibility index (Phi) is 9.98. The molecule has 11 nitrogen and oxygen atoms in total. The van der Waals surface area contributed by atoms with Gasteiger partial charge in [-0.1, -0.05) is 85.0 Å². The number of ether oxygens (including phenoxy) is 3. The van der Waals surface area contributed by atoms with Gasteiger partial charge in [0.2, 0.25) is 11.8 Å². The molecule has 4 aliphatic heterocycles. The molecular formula is C41H43N3O8. The number of nitrogens with one attached hydrogen (secondary N) is 1. The molecule has 2 saturated heterocycles. The maximum atomic E-state index is 15.2. The van der Waals surface area contributed by atoms with Crippen molar-refractivity contribution in [1.29, 1.82) is 0 Å². The lowest BCUT2D eigenvalue weighted by molar-refractivity contribution is -0.161. The molecule has 2 fully saturated rings. The summed E-state index contributed by atoms with van der Waals surface area (Å²) in [6, 6.07) is 23.0. The van der Waals surface area contributed by atoms with E-state index < -0.39 is 72.2 Å². The number of anilines is 1. The van der Waals surface area contributed by atoms with Crippen molar-refractivity contribution in [3.8, 4) is 5.75 Å². The number of cyclic esters (lactones) is 1. The summed E-state index contributed by atoms with van der Waals surface area (Å²) in [5.41, 5.74) is 0.602. The molecular weight excluding hydrogens is 662 g/mol. The zero-order valence-electron chi connectivity index (χ0n) is 29.2. The average Bonchev–Trinajstić information content (AvgIpc) is 3.81. The molecule has 0 unspecified atom stereocenters. The van der Waals surface area contributed by atoms with Crippen molar-refractivity contribution in [3.63, 3.8) is 0 Å². The molecule has 0 aliphatic carbocycles. The maximum absolute atomic E-state index is 15.2. The van der Waals surface area contributed by atoms with E-state index in [1.807, 2.05) is 72.8 Å². The second-order valence-electron chi connectivity index (χ2n) is 13.8. The minimum absolute atomic E-state index is 0.125. The number of hydrogen-bond donors (Lipinski definition) is 2. The third kappa shape index (κ3) is 6.39. The van der Waals surface area contributed by atoms with Crippen molar-refractivity contribution in [3.05, 3.63) is 120 Å². The summed E-state index contributed by atoms with van der Waals surface area (Å²) in [5, 5.41) is 13.9. The Morgan fingerprint density at radius 2 is 1.65 bits per heavy atom. The van der Waals surface area contributed by atoms with Crippen LogP contribution in [0, 0.1) is 11.8 Å². The average molecular weight is 706 g/mol. The van der Waals surface area contributed by atoms with Crippen molar-refractivity contribution >= 4 is 29.4 Å². The highest BCUT2D eigenvalue weighted by Crippen LogP contribution is 2.56. The van der Waals surface area contributed by atoms with E-state index in [4.69, 9.17) is 14.2 Å². The first-order valence-electron chi connectivity index (χ1n) is 17.7. The molecule has 0 saturated carbocycles. The fourth-order valence-electron chi connectivity index (χ4n) is 8.14. The smallest absolute Gasteiger partial charge is 0.313 e. The molecule has 7 rings (SSSR count). The quantitative estimate of drug-likeness (QED) is 0.279. The Balaban J connectivity index is 1.34. The number of nitrogens with zero attached hydrogens (tertiary/aromatic N) is 2. The van der Waals surface area contributed by atoms with E-state index in [1.165, 1.54) is 4.90 Å². The molecule has 0 aromatic heterocycles. The van der Waals surface area contributed by atoms with Crippen molar-refractivity contribution in [2.24, 2.45) is 11.8 Å². The van der Waals surface area contributed by atoms with Gasteiger partial charge in [0.1, 0.15) is 29.4 Å². The van der Waals surface area contributed by atoms with Crippen molar-refractivity contribution in [2.75, 3.05) is 25.2 Å². The third-order valence-corrected chi connectivity index (χ3v) is 10.6. The molecule has 270 valence electrons. The standard InChI is InChI=1S/C41H43N3O8/c1-26-36(28-14-8-4-9-15-28)51-40(49)34-32-21-22-41(52-32)35(34)38(47)44(30(25-45)24-27-12-6-3-7-13-27)37(41)39(48)43(23-11-5-10-16-33(46)42-26)29-17-19-31(50-2)20-18-29/h3-9,11-15,17-22,26,30,32,34-37,45H,10,16,23-25H2,1-2H3,(H,42,46)/b11-5-/t26-,30+,32+,34-,35-,36+,37+,41-/m0/s1. The number of esters is 1. The zero-order chi connectivity index (χ0) is 36.4. The predicted molar refractivity (Wildman–Crippen MR) is 192 cm³/mol. The molecule has 4 aliphatic rings. The second kappa shape index (κ2) is 14.8. The van der Waals surface area contributed by atoms with Gasteiger partial charge in [0, 0.05) is 18.7 Å². The fraction of sp³-hybridized carbons (Fsp3) is 0.366. The van der Waals surface area contributed by atoms with Gasteiger partial charge in [-0.25, -0.2) is 0 Å². The van der Waals surface area contributed by atoms with Crippen LogP contribution in [0.5, 0.6) is 5.75 Å². The third-order valence-electron chi connectivity index (χ3n) is 10.6. The van der Waals surface area contributed by atoms with Crippen LogP contribution < -0.4 is 15.0 Å². The Labute approximate surface area is 302 Å². The highest BCUT2D eigenvalue weighted by Gasteiger charge is 2.74. The van der Waals surface area contributed by atoms with E-state index in [-0.39, 0.29) is 25.3 Å². The lowest BCUT2D eigenvalue weighted by Gasteiger charge is -2.39. The van der Waals surface area contributed by atoms with Gasteiger partial charge in [-0.2, -0.15) is 0 Å². The van der Waals surface area contributed by atoms with Crippen LogP contribution in [0.1, 0.15) is 37.0 Å². The van der Waals surface area contributed by atoms with Gasteiger partial charge in [-0.05, 0) is 55.2 Å². The largest absolute Gasteiger partial charge is 0.497 e. The second-order valence-corrected chi connectivity index (χ2v) is 13.8. The molecule has 0 radical (unpaired) electrons. The number of carbonyl (C=O) groups is 4. The van der Waals surface area contributed by atoms with Crippen LogP contribution in [0.4, 0.5) is 5.69 Å². The van der Waals surface area contributed by atoms with E-state index in [0.717, 1.165) is 5.56 Å². The van der Waals surface area contributed by atoms with Gasteiger partial charge in [-0.3, -0.25) is 19.2 Å². The van der Waals surface area contributed by atoms with E-state index in [0.29, 0.717) is 23.4 Å². The summed E-state index contributed by atoms with van der Waals surface area (Å²) in [6.45, 7) is 1.48. The molecule has 52 heavy (non-hydrogen) atoms. The molecule has 5 bridgehead atoms. The lowest BCUT2D eigenvalue weighted by atomic mass is 9.74. The van der Waals surface area contributed by atoms with Gasteiger partial charge in [0.05, 0.1) is 37.8 Å². The molecule has 3 amide bonds. The van der Waals surface area contributed by atoms with Crippen molar-refractivity contribution in [2.45, 2.75) is 62.1 Å². The van der Waals surface area contributed by atoms with Gasteiger partial charge >= 0.3 is 5.97 Å². The van der Waals surface area contributed by atoms with E-state index in [2.05, 4.69) is 5.32 Å². The lowest BCUT2D eigenvalue weighted by Crippen LogP contribution is -2.59. The predicted octanol–water partition coefficient (Wildman–Crippen LogP) is 3.92. The summed E-state index contributed by atoms with van der Waals surface area (Å²) in [7, 11) is 1.56. The van der Waals surface area contributed by atoms with Gasteiger partial charge in [-0.15, -0.1) is 0 Å². The highest BCUT2D eigenvalue weighted by molar-refractivity contribution is 6.05. The number of rotatable bonds is 7. The number of aliphatic hydroxyl groups excluding tert-OH is 1. The van der Waals surface area contributed by atoms with Gasteiger partial charge < -0.3 is 34.4 Å². The van der Waals surface area contributed by atoms with Crippen LogP contribution in [0.3, 0.4) is 0 Å². The number of aliphatic hydroxyl groups is 1. The first-order chi connectivity index (χ1) is 25.3. The van der Waals surface area contributed by atoms with Crippen LogP contribution in [0.2, 0.25) is 0 Å². The first kappa shape index (κ1) is 35.2. The number of methoxy groups -OCH3 is 1. The molecule has 3 aromatic carbocycles. The van der Waals surface area contributed by atoms with Gasteiger partial charge in [0.25, 0.3) is 5.91 Å². The van der Waals surface area contributed by atoms with E-state index in [1.54, 1.807) is 55.4 Å². The van der Waals surface area contributed by atoms with Crippen LogP contribution in [0.15, 0.2) is 109 Å². The molecule has 1 spiro atoms. The number of allylic oxidation sites excluding steroid dienone is 1. The van der Waals surface area contributed by atoms with Crippen molar-refractivity contribution < 1.29 is 38.5 Å². The summed E-state index contributed by atoms with van der Waals surface area (Å²) in [4.78, 5) is 60.7. The van der Waals surface area contributed by atoms with E-state index in [9.17, 15) is 19.5 Å². The molecule has 11 heteroatoms. The summed E-state index contributed by atoms with van der Waals surface area (Å²) in [5.74, 6) is -3.36. The minimum Gasteiger partial charge on any atom is -0.497 e. The normalized spacial score (nSPS) is 30.1. The minimum atomic E-state index is -1.50. The van der Waals surface area contributed by atoms with E-state index >= 15 is 4.79 Å². The van der Waals surface area contributed by atoms with Crippen LogP contribution in [0.25, 0.3) is 0 Å². The van der Waals surface area contributed by atoms with Crippen LogP contribution in [-0.2, 0) is 35.1 Å². The molecule has 2 N–H and O–H groups in total. The Morgan fingerprint density at radius 1 is 0.942 bits per heavy atom. The summed E-state index contributed by atoms with van der Waals surface area (Å²) in [6.07, 6.45) is 6.33. The SMILES string of the molecule is COc1ccc(N2C/C=C\CCC(=O)N[C@@H](C)[C@H](c3ccccc3)OC(=O)[C@@H]3[C@H]4C(=O)N([C@@H](CO)Cc5ccccc5)[C@H](C2=O)[C@]42C=C[C@H]3O2)cc1. The summed E-state index contributed by atoms with van der Waals surface area (Å²) >= 11 is 0. The topological polar surface area (TPSA) is 135 Å². The number of carbonyl (C=O) groups excluding carboxylic acids is 4. The number of amides is 3. The Morgan fingerprint density at radius 3 is 2.35 bits per heavy atom. The number of benzene rings is 3. The maximum Gasteiger partial charge on any atom is 0.313 e. The Hall–Kier alpha value is -5.26. The molecule has 4 heterocycles. The zero-order valence-corrected chi connectivity index (χ0v) is 29.2. The molecule has 8 atom stereocenters. The number of hydrogen-bond acceptors (Lipinski definition) is 8. The van der Waals surface area contributed by atoms with Gasteiger partial charge in [0.15, 0.2) is 0 Å². The monoisotopic (exact) mass is 705 g/mol. The highest BCUT2D eigenvalue weighted by atomic mass is 16.6. The number of fused-ring (bicyclic) bond motifs is 2. The Bertz CT molecular complexity index is 1850.